The summed E-state index contributed by atoms with van der Waals surface area (Å²) in [7, 11) is 0. The van der Waals surface area contributed by atoms with Gasteiger partial charge in [-0.05, 0) is 50.6 Å². The second-order valence-corrected chi connectivity index (χ2v) is 7.45. The Morgan fingerprint density at radius 2 is 1.81 bits per heavy atom. The van der Waals surface area contributed by atoms with E-state index >= 15 is 0 Å². The van der Waals surface area contributed by atoms with Crippen LogP contribution < -0.4 is 4.74 Å². The van der Waals surface area contributed by atoms with Crippen molar-refractivity contribution >= 4 is 29.2 Å². The molecule has 1 unspecified atom stereocenters. The minimum Gasteiger partial charge on any atom is -0.494 e. The van der Waals surface area contributed by atoms with Gasteiger partial charge < -0.3 is 9.84 Å². The van der Waals surface area contributed by atoms with Crippen molar-refractivity contribution in [2.75, 3.05) is 19.7 Å². The molecule has 0 spiro atoms. The molecule has 1 saturated heterocycles. The summed E-state index contributed by atoms with van der Waals surface area (Å²) in [5, 5.41) is 10.3. The molecule has 1 heterocycles. The second kappa shape index (κ2) is 8.96. The van der Waals surface area contributed by atoms with Crippen LogP contribution in [0.3, 0.4) is 0 Å². The minimum atomic E-state index is -0.721. The SMILES string of the molecule is CCOc1ccccc1C(c1cccc(Cl)c1Cl)N1CCC(C(=O)O)CC1. The normalized spacial score (nSPS) is 16.9. The highest BCUT2D eigenvalue weighted by atomic mass is 35.5. The molecule has 0 bridgehead atoms. The molecule has 1 atom stereocenters. The number of carboxylic acids is 1. The molecule has 1 aliphatic rings. The van der Waals surface area contributed by atoms with Crippen LogP contribution in [0.5, 0.6) is 5.75 Å². The number of ether oxygens (including phenoxy) is 1. The summed E-state index contributed by atoms with van der Waals surface area (Å²) in [6, 6.07) is 13.4. The molecule has 1 N–H and O–H groups in total. The van der Waals surface area contributed by atoms with Gasteiger partial charge >= 0.3 is 5.97 Å². The van der Waals surface area contributed by atoms with Gasteiger partial charge in [-0.25, -0.2) is 0 Å². The molecule has 27 heavy (non-hydrogen) atoms. The first-order valence-corrected chi connectivity index (χ1v) is 9.91. The number of halogens is 2. The van der Waals surface area contributed by atoms with Crippen LogP contribution in [0.15, 0.2) is 42.5 Å². The lowest BCUT2D eigenvalue weighted by Crippen LogP contribution is -2.39. The Bertz CT molecular complexity index is 804. The first kappa shape index (κ1) is 20.0. The third kappa shape index (κ3) is 4.40. The van der Waals surface area contributed by atoms with Crippen LogP contribution in [0.4, 0.5) is 0 Å². The molecule has 3 rings (SSSR count). The number of para-hydroxylation sites is 1. The average molecular weight is 408 g/mol. The van der Waals surface area contributed by atoms with E-state index in [2.05, 4.69) is 4.90 Å². The third-order valence-corrected chi connectivity index (χ3v) is 5.87. The number of piperidine rings is 1. The molecule has 0 amide bonds. The van der Waals surface area contributed by atoms with Crippen LogP contribution in [0, 0.1) is 5.92 Å². The van der Waals surface area contributed by atoms with E-state index in [1.165, 1.54) is 0 Å². The highest BCUT2D eigenvalue weighted by molar-refractivity contribution is 6.42. The molecule has 0 aliphatic carbocycles. The number of hydrogen-bond donors (Lipinski definition) is 1. The molecule has 0 radical (unpaired) electrons. The van der Waals surface area contributed by atoms with Gasteiger partial charge in [0.15, 0.2) is 0 Å². The molecule has 1 aliphatic heterocycles. The van der Waals surface area contributed by atoms with E-state index in [0.29, 0.717) is 42.6 Å². The van der Waals surface area contributed by atoms with Crippen LogP contribution in [0.25, 0.3) is 0 Å². The Kier molecular flexibility index (Phi) is 6.64. The summed E-state index contributed by atoms with van der Waals surface area (Å²) in [5.41, 5.74) is 1.92. The Hall–Kier alpha value is -1.75. The number of rotatable bonds is 6. The largest absolute Gasteiger partial charge is 0.494 e. The topological polar surface area (TPSA) is 49.8 Å². The van der Waals surface area contributed by atoms with Crippen LogP contribution in [-0.4, -0.2) is 35.7 Å². The van der Waals surface area contributed by atoms with Gasteiger partial charge in [-0.2, -0.15) is 0 Å². The molecular weight excluding hydrogens is 385 g/mol. The van der Waals surface area contributed by atoms with Gasteiger partial charge in [0, 0.05) is 5.56 Å². The lowest BCUT2D eigenvalue weighted by atomic mass is 9.91. The van der Waals surface area contributed by atoms with E-state index in [4.69, 9.17) is 27.9 Å². The van der Waals surface area contributed by atoms with Crippen molar-refractivity contribution in [2.45, 2.75) is 25.8 Å². The van der Waals surface area contributed by atoms with E-state index < -0.39 is 5.97 Å². The zero-order valence-corrected chi connectivity index (χ0v) is 16.7. The van der Waals surface area contributed by atoms with Gasteiger partial charge in [0.05, 0.1) is 28.6 Å². The Morgan fingerprint density at radius 1 is 1.15 bits per heavy atom. The van der Waals surface area contributed by atoms with Crippen molar-refractivity contribution in [1.29, 1.82) is 0 Å². The Balaban J connectivity index is 2.03. The fourth-order valence-corrected chi connectivity index (χ4v) is 4.10. The first-order valence-electron chi connectivity index (χ1n) is 9.15. The van der Waals surface area contributed by atoms with Crippen LogP contribution in [0.1, 0.15) is 36.9 Å². The van der Waals surface area contributed by atoms with Gasteiger partial charge in [0.25, 0.3) is 0 Å². The number of carboxylic acid groups (broad SMARTS) is 1. The number of likely N-dealkylation sites (tertiary alicyclic amines) is 1. The lowest BCUT2D eigenvalue weighted by molar-refractivity contribution is -0.143. The number of carbonyl (C=O) groups is 1. The van der Waals surface area contributed by atoms with Crippen LogP contribution in [0.2, 0.25) is 10.0 Å². The monoisotopic (exact) mass is 407 g/mol. The van der Waals surface area contributed by atoms with Gasteiger partial charge in [0.2, 0.25) is 0 Å². The van der Waals surface area contributed by atoms with Crippen LogP contribution in [-0.2, 0) is 4.79 Å². The predicted molar refractivity (Wildman–Crippen MR) is 108 cm³/mol. The maximum Gasteiger partial charge on any atom is 0.306 e. The highest BCUT2D eigenvalue weighted by Gasteiger charge is 2.32. The molecule has 2 aromatic rings. The zero-order chi connectivity index (χ0) is 19.4. The maximum absolute atomic E-state index is 11.3. The summed E-state index contributed by atoms with van der Waals surface area (Å²) in [6.45, 7) is 3.86. The minimum absolute atomic E-state index is 0.145. The smallest absolute Gasteiger partial charge is 0.306 e. The molecule has 2 aromatic carbocycles. The number of nitrogens with zero attached hydrogens (tertiary/aromatic N) is 1. The van der Waals surface area contributed by atoms with E-state index in [-0.39, 0.29) is 12.0 Å². The van der Waals surface area contributed by atoms with Crippen LogP contribution >= 0.6 is 23.2 Å². The highest BCUT2D eigenvalue weighted by Crippen LogP contribution is 2.41. The van der Waals surface area contributed by atoms with Crippen molar-refractivity contribution in [3.63, 3.8) is 0 Å². The number of benzene rings is 2. The van der Waals surface area contributed by atoms with E-state index in [1.54, 1.807) is 6.07 Å². The van der Waals surface area contributed by atoms with Crippen molar-refractivity contribution < 1.29 is 14.6 Å². The summed E-state index contributed by atoms with van der Waals surface area (Å²) in [5.74, 6) is -0.207. The molecule has 6 heteroatoms. The van der Waals surface area contributed by atoms with Gasteiger partial charge in [-0.1, -0.05) is 53.5 Å². The van der Waals surface area contributed by atoms with E-state index in [1.807, 2.05) is 43.3 Å². The van der Waals surface area contributed by atoms with Crippen molar-refractivity contribution in [2.24, 2.45) is 5.92 Å². The first-order chi connectivity index (χ1) is 13.0. The molecule has 1 fully saturated rings. The van der Waals surface area contributed by atoms with Gasteiger partial charge in [0.1, 0.15) is 5.75 Å². The van der Waals surface area contributed by atoms with Crippen molar-refractivity contribution in [3.05, 3.63) is 63.6 Å². The standard InChI is InChI=1S/C21H23Cl2NO3/c1-2-27-18-9-4-3-6-15(18)20(16-7-5-8-17(22)19(16)23)24-12-10-14(11-13-24)21(25)26/h3-9,14,20H,2,10-13H2,1H3,(H,25,26). The average Bonchev–Trinajstić information content (AvgIpc) is 2.67. The summed E-state index contributed by atoms with van der Waals surface area (Å²) < 4.78 is 5.86. The lowest BCUT2D eigenvalue weighted by Gasteiger charge is -2.38. The predicted octanol–water partition coefficient (Wildman–Crippen LogP) is 5.28. The number of aliphatic carboxylic acids is 1. The van der Waals surface area contributed by atoms with E-state index in [9.17, 15) is 9.90 Å². The third-order valence-electron chi connectivity index (χ3n) is 5.03. The quantitative estimate of drug-likeness (QED) is 0.707. The fourth-order valence-electron chi connectivity index (χ4n) is 3.69. The maximum atomic E-state index is 11.3. The fraction of sp³-hybridized carbons (Fsp3) is 0.381. The van der Waals surface area contributed by atoms with Crippen molar-refractivity contribution in [1.82, 2.24) is 4.90 Å². The van der Waals surface area contributed by atoms with E-state index in [0.717, 1.165) is 16.9 Å². The molecule has 0 aromatic heterocycles. The molecular formula is C21H23Cl2NO3. The zero-order valence-electron chi connectivity index (χ0n) is 15.2. The van der Waals surface area contributed by atoms with Gasteiger partial charge in [-0.15, -0.1) is 0 Å². The molecule has 144 valence electrons. The Morgan fingerprint density at radius 3 is 2.48 bits per heavy atom. The molecule has 4 nitrogen and oxygen atoms in total. The van der Waals surface area contributed by atoms with Crippen molar-refractivity contribution in [3.8, 4) is 5.75 Å². The summed E-state index contributed by atoms with van der Waals surface area (Å²) in [4.78, 5) is 13.6. The van der Waals surface area contributed by atoms with Gasteiger partial charge in [-0.3, -0.25) is 9.69 Å². The second-order valence-electron chi connectivity index (χ2n) is 6.66. The Labute approximate surface area is 169 Å². The number of hydrogen-bond acceptors (Lipinski definition) is 3. The summed E-state index contributed by atoms with van der Waals surface area (Å²) >= 11 is 12.9. The molecule has 0 saturated carbocycles. The summed E-state index contributed by atoms with van der Waals surface area (Å²) in [6.07, 6.45) is 1.22.